The van der Waals surface area contributed by atoms with Crippen LogP contribution in [-0.2, 0) is 13.1 Å². The van der Waals surface area contributed by atoms with E-state index in [4.69, 9.17) is 9.72 Å². The second kappa shape index (κ2) is 12.0. The SMILES string of the molecule is COc1ncccc1-c1ccc(O)c(-c2nc3cc(C(=O)NCc4ccc(CN5CCN(C)CC5)cc4)ccc3[nH]2)c1. The molecular weight excluding hydrogens is 528 g/mol. The van der Waals surface area contributed by atoms with Crippen LogP contribution in [0.2, 0.25) is 0 Å². The van der Waals surface area contributed by atoms with Crippen molar-refractivity contribution in [1.29, 1.82) is 0 Å². The molecule has 2 aromatic heterocycles. The van der Waals surface area contributed by atoms with E-state index < -0.39 is 0 Å². The van der Waals surface area contributed by atoms with Crippen molar-refractivity contribution in [2.45, 2.75) is 13.1 Å². The number of rotatable bonds is 8. The maximum Gasteiger partial charge on any atom is 0.251 e. The van der Waals surface area contributed by atoms with Gasteiger partial charge < -0.3 is 25.0 Å². The summed E-state index contributed by atoms with van der Waals surface area (Å²) in [6.07, 6.45) is 1.67. The molecule has 0 aliphatic carbocycles. The Bertz CT molecular complexity index is 1710. The summed E-state index contributed by atoms with van der Waals surface area (Å²) in [5, 5.41) is 13.7. The molecule has 1 amide bonds. The summed E-state index contributed by atoms with van der Waals surface area (Å²) < 4.78 is 5.41. The minimum absolute atomic E-state index is 0.0909. The Morgan fingerprint density at radius 3 is 2.55 bits per heavy atom. The summed E-state index contributed by atoms with van der Waals surface area (Å²) in [7, 11) is 3.74. The number of hydrogen-bond acceptors (Lipinski definition) is 7. The lowest BCUT2D eigenvalue weighted by Crippen LogP contribution is -2.43. The Hall–Kier alpha value is -4.73. The standard InChI is InChI=1S/C33H34N6O3/c1-38-14-16-39(17-15-38)21-23-7-5-22(6-8-23)20-35-32(41)25-9-11-28-29(19-25)37-31(36-28)27-18-24(10-12-30(27)40)26-4-3-13-34-33(26)42-2/h3-13,18-19,40H,14-17,20-21H2,1-2H3,(H,35,41)(H,36,37). The summed E-state index contributed by atoms with van der Waals surface area (Å²) in [5.41, 5.74) is 6.43. The highest BCUT2D eigenvalue weighted by Crippen LogP contribution is 2.35. The van der Waals surface area contributed by atoms with Crippen molar-refractivity contribution in [2.24, 2.45) is 0 Å². The average molecular weight is 563 g/mol. The molecule has 0 atom stereocenters. The number of likely N-dealkylation sites (N-methyl/N-ethyl adjacent to an activating group) is 1. The van der Waals surface area contributed by atoms with Gasteiger partial charge in [0.1, 0.15) is 11.6 Å². The van der Waals surface area contributed by atoms with E-state index >= 15 is 0 Å². The van der Waals surface area contributed by atoms with Crippen LogP contribution in [0.4, 0.5) is 0 Å². The Morgan fingerprint density at radius 1 is 0.976 bits per heavy atom. The number of pyridine rings is 1. The van der Waals surface area contributed by atoms with E-state index in [1.54, 1.807) is 31.5 Å². The Kier molecular flexibility index (Phi) is 7.85. The van der Waals surface area contributed by atoms with Crippen LogP contribution in [-0.4, -0.2) is 76.1 Å². The van der Waals surface area contributed by atoms with E-state index in [1.807, 2.05) is 30.3 Å². The number of amides is 1. The lowest BCUT2D eigenvalue weighted by atomic mass is 10.0. The number of phenolic OH excluding ortho intramolecular Hbond substituents is 1. The Morgan fingerprint density at radius 2 is 1.76 bits per heavy atom. The van der Waals surface area contributed by atoms with E-state index in [0.717, 1.165) is 54.9 Å². The van der Waals surface area contributed by atoms with Crippen molar-refractivity contribution in [3.63, 3.8) is 0 Å². The second-order valence-corrected chi connectivity index (χ2v) is 10.7. The molecule has 1 aliphatic heterocycles. The second-order valence-electron chi connectivity index (χ2n) is 10.7. The predicted molar refractivity (Wildman–Crippen MR) is 163 cm³/mol. The normalized spacial score (nSPS) is 14.2. The number of H-pyrrole nitrogens is 1. The molecule has 3 N–H and O–H groups in total. The largest absolute Gasteiger partial charge is 0.507 e. The van der Waals surface area contributed by atoms with Crippen LogP contribution in [0.5, 0.6) is 11.6 Å². The number of aromatic amines is 1. The molecule has 0 saturated carbocycles. The first kappa shape index (κ1) is 27.4. The van der Waals surface area contributed by atoms with Gasteiger partial charge in [0.15, 0.2) is 0 Å². The molecule has 9 nitrogen and oxygen atoms in total. The van der Waals surface area contributed by atoms with Crippen LogP contribution in [0.3, 0.4) is 0 Å². The minimum atomic E-state index is -0.170. The fraction of sp³-hybridized carbons (Fsp3) is 0.242. The number of imidazole rings is 1. The van der Waals surface area contributed by atoms with E-state index in [0.29, 0.717) is 34.9 Å². The maximum absolute atomic E-state index is 13.0. The number of fused-ring (bicyclic) bond motifs is 1. The number of aromatic hydroxyl groups is 1. The number of aromatic nitrogens is 3. The molecule has 6 rings (SSSR count). The molecule has 5 aromatic rings. The number of phenols is 1. The summed E-state index contributed by atoms with van der Waals surface area (Å²) in [6.45, 7) is 5.77. The van der Waals surface area contributed by atoms with Gasteiger partial charge in [-0.25, -0.2) is 9.97 Å². The van der Waals surface area contributed by atoms with E-state index in [-0.39, 0.29) is 11.7 Å². The first-order chi connectivity index (χ1) is 20.5. The van der Waals surface area contributed by atoms with Gasteiger partial charge in [-0.2, -0.15) is 0 Å². The van der Waals surface area contributed by atoms with Crippen LogP contribution in [0.25, 0.3) is 33.5 Å². The molecule has 1 aliphatic rings. The van der Waals surface area contributed by atoms with E-state index in [9.17, 15) is 9.90 Å². The smallest absolute Gasteiger partial charge is 0.251 e. The zero-order chi connectivity index (χ0) is 29.1. The van der Waals surface area contributed by atoms with Crippen molar-refractivity contribution >= 4 is 16.9 Å². The molecular formula is C33H34N6O3. The van der Waals surface area contributed by atoms with Crippen molar-refractivity contribution < 1.29 is 14.6 Å². The van der Waals surface area contributed by atoms with Crippen LogP contribution >= 0.6 is 0 Å². The highest BCUT2D eigenvalue weighted by Gasteiger charge is 2.16. The number of hydrogen-bond donors (Lipinski definition) is 3. The number of carbonyl (C=O) groups is 1. The minimum Gasteiger partial charge on any atom is -0.507 e. The van der Waals surface area contributed by atoms with Gasteiger partial charge in [0.25, 0.3) is 5.91 Å². The van der Waals surface area contributed by atoms with Gasteiger partial charge in [0, 0.05) is 56.6 Å². The molecule has 1 saturated heterocycles. The monoisotopic (exact) mass is 562 g/mol. The van der Waals surface area contributed by atoms with Crippen LogP contribution in [0.1, 0.15) is 21.5 Å². The molecule has 214 valence electrons. The van der Waals surface area contributed by atoms with Crippen molar-refractivity contribution in [1.82, 2.24) is 30.1 Å². The highest BCUT2D eigenvalue weighted by molar-refractivity contribution is 5.97. The molecule has 0 spiro atoms. The Balaban J connectivity index is 1.13. The molecule has 3 heterocycles. The van der Waals surface area contributed by atoms with E-state index in [1.165, 1.54) is 5.56 Å². The van der Waals surface area contributed by atoms with Crippen LogP contribution in [0.15, 0.2) is 79.0 Å². The number of methoxy groups -OCH3 is 1. The van der Waals surface area contributed by atoms with Gasteiger partial charge in [-0.15, -0.1) is 0 Å². The molecule has 3 aromatic carbocycles. The summed E-state index contributed by atoms with van der Waals surface area (Å²) in [6, 6.07) is 22.8. The van der Waals surface area contributed by atoms with Gasteiger partial charge in [0.2, 0.25) is 5.88 Å². The lowest BCUT2D eigenvalue weighted by Gasteiger charge is -2.32. The molecule has 9 heteroatoms. The molecule has 0 bridgehead atoms. The quantitative estimate of drug-likeness (QED) is 0.252. The predicted octanol–water partition coefficient (Wildman–Crippen LogP) is 4.68. The fourth-order valence-electron chi connectivity index (χ4n) is 5.25. The van der Waals surface area contributed by atoms with Gasteiger partial charge in [-0.1, -0.05) is 30.3 Å². The van der Waals surface area contributed by atoms with E-state index in [2.05, 4.69) is 56.4 Å². The van der Waals surface area contributed by atoms with Gasteiger partial charge in [-0.05, 0) is 66.2 Å². The zero-order valence-electron chi connectivity index (χ0n) is 23.8. The molecule has 0 radical (unpaired) electrons. The summed E-state index contributed by atoms with van der Waals surface area (Å²) in [5.74, 6) is 0.919. The molecule has 1 fully saturated rings. The average Bonchev–Trinajstić information content (AvgIpc) is 3.45. The number of nitrogens with one attached hydrogen (secondary N) is 2. The maximum atomic E-state index is 13.0. The zero-order valence-corrected chi connectivity index (χ0v) is 23.8. The van der Waals surface area contributed by atoms with Gasteiger partial charge in [0.05, 0.1) is 23.7 Å². The number of benzene rings is 3. The molecule has 0 unspecified atom stereocenters. The van der Waals surface area contributed by atoms with Crippen LogP contribution < -0.4 is 10.1 Å². The number of nitrogens with zero attached hydrogens (tertiary/aromatic N) is 4. The van der Waals surface area contributed by atoms with Crippen molar-refractivity contribution in [3.05, 3.63) is 95.7 Å². The number of ether oxygens (including phenoxy) is 1. The van der Waals surface area contributed by atoms with Gasteiger partial charge in [-0.3, -0.25) is 9.69 Å². The first-order valence-corrected chi connectivity index (χ1v) is 14.1. The fourth-order valence-corrected chi connectivity index (χ4v) is 5.25. The first-order valence-electron chi connectivity index (χ1n) is 14.1. The third-order valence-electron chi connectivity index (χ3n) is 7.75. The highest BCUT2D eigenvalue weighted by atomic mass is 16.5. The third-order valence-corrected chi connectivity index (χ3v) is 7.75. The van der Waals surface area contributed by atoms with Crippen LogP contribution in [0, 0.1) is 0 Å². The lowest BCUT2D eigenvalue weighted by molar-refractivity contribution is 0.0951. The number of piperazine rings is 1. The van der Waals surface area contributed by atoms with Gasteiger partial charge >= 0.3 is 0 Å². The van der Waals surface area contributed by atoms with Crippen molar-refractivity contribution in [3.8, 4) is 34.1 Å². The third kappa shape index (κ3) is 5.97. The Labute approximate surface area is 244 Å². The topological polar surface area (TPSA) is 107 Å². The van der Waals surface area contributed by atoms with Crippen molar-refractivity contribution in [2.75, 3.05) is 40.3 Å². The summed E-state index contributed by atoms with van der Waals surface area (Å²) >= 11 is 0. The molecule has 42 heavy (non-hydrogen) atoms. The summed E-state index contributed by atoms with van der Waals surface area (Å²) in [4.78, 5) is 30.1. The number of carbonyl (C=O) groups excluding carboxylic acids is 1.